The highest BCUT2D eigenvalue weighted by molar-refractivity contribution is 7.62. The zero-order valence-corrected chi connectivity index (χ0v) is 31.1. The number of rotatable bonds is 12. The summed E-state index contributed by atoms with van der Waals surface area (Å²) in [5.74, 6) is -0.747. The molecule has 2 atom stereocenters. The lowest BCUT2D eigenvalue weighted by Gasteiger charge is -2.45. The van der Waals surface area contributed by atoms with Crippen LogP contribution < -0.4 is 0 Å². The fourth-order valence-electron chi connectivity index (χ4n) is 5.95. The number of unbranched alkanes of at least 4 members (excludes halogenated alkanes) is 1. The number of amides is 2. The Morgan fingerprint density at radius 3 is 2.04 bits per heavy atom. The van der Waals surface area contributed by atoms with Gasteiger partial charge in [0.15, 0.2) is 5.16 Å². The Kier molecular flexibility index (Phi) is 13.1. The minimum atomic E-state index is -3.63. The number of hydrogen-bond acceptors (Lipinski definition) is 8. The first-order valence-corrected chi connectivity index (χ1v) is 18.7. The molecule has 10 nitrogen and oxygen atoms in total. The van der Waals surface area contributed by atoms with Crippen LogP contribution in [-0.2, 0) is 29.9 Å². The van der Waals surface area contributed by atoms with E-state index in [0.717, 1.165) is 21.6 Å². The summed E-state index contributed by atoms with van der Waals surface area (Å²) in [5.41, 5.74) is 2.78. The molecule has 0 saturated carbocycles. The van der Waals surface area contributed by atoms with E-state index in [9.17, 15) is 24.1 Å². The van der Waals surface area contributed by atoms with Gasteiger partial charge in [-0.3, -0.25) is 14.3 Å². The molecule has 0 bridgehead atoms. The second-order valence-electron chi connectivity index (χ2n) is 14.9. The first-order valence-electron chi connectivity index (χ1n) is 16.9. The molecule has 11 heteroatoms. The van der Waals surface area contributed by atoms with Gasteiger partial charge in [0.2, 0.25) is 7.37 Å². The molecule has 2 aromatic rings. The van der Waals surface area contributed by atoms with Crippen LogP contribution in [0.15, 0.2) is 48.5 Å². The van der Waals surface area contributed by atoms with Crippen LogP contribution in [0.2, 0.25) is 0 Å². The van der Waals surface area contributed by atoms with Gasteiger partial charge in [0.05, 0.1) is 6.61 Å². The number of carboxylic acid groups (broad SMARTS) is 1. The number of carboxylic acids is 1. The first kappa shape index (κ1) is 39.2. The smallest absolute Gasteiger partial charge is 0.419 e. The molecule has 2 unspecified atom stereocenters. The Hall–Kier alpha value is -3.20. The summed E-state index contributed by atoms with van der Waals surface area (Å²) in [6, 6.07) is 16.6. The molecular weight excluding hydrogens is 631 g/mol. The summed E-state index contributed by atoms with van der Waals surface area (Å²) in [5, 5.41) is 9.09. The van der Waals surface area contributed by atoms with Crippen LogP contribution in [0.4, 0.5) is 9.59 Å². The number of imide groups is 1. The quantitative estimate of drug-likeness (QED) is 0.172. The maximum Gasteiger partial charge on any atom is 0.419 e. The van der Waals surface area contributed by atoms with Gasteiger partial charge in [-0.1, -0.05) is 62.4 Å². The highest BCUT2D eigenvalue weighted by atomic mass is 31.2. The first-order chi connectivity index (χ1) is 22.3. The van der Waals surface area contributed by atoms with Gasteiger partial charge in [0.25, 0.3) is 0 Å². The Bertz CT molecular complexity index is 1430. The lowest BCUT2D eigenvalue weighted by atomic mass is 9.95. The van der Waals surface area contributed by atoms with Gasteiger partial charge in [-0.15, -0.1) is 0 Å². The molecule has 48 heavy (non-hydrogen) atoms. The molecule has 266 valence electrons. The number of hydrogen-bond donors (Lipinski definition) is 1. The lowest BCUT2D eigenvalue weighted by Crippen LogP contribution is -2.54. The molecule has 1 fully saturated rings. The van der Waals surface area contributed by atoms with Crippen LogP contribution in [0.5, 0.6) is 0 Å². The van der Waals surface area contributed by atoms with Crippen LogP contribution in [0.1, 0.15) is 98.6 Å². The van der Waals surface area contributed by atoms with E-state index in [-0.39, 0.29) is 45.1 Å². The van der Waals surface area contributed by atoms with Gasteiger partial charge in [-0.05, 0) is 95.9 Å². The highest BCUT2D eigenvalue weighted by Crippen LogP contribution is 2.63. The number of carbonyl (C=O) groups is 3. The van der Waals surface area contributed by atoms with Crippen molar-refractivity contribution in [2.75, 3.05) is 32.4 Å². The average Bonchev–Trinajstić information content (AvgIpc) is 2.97. The minimum Gasteiger partial charge on any atom is -0.480 e. The molecule has 1 N–H and O–H groups in total. The number of aliphatic carboxylic acids is 1. The summed E-state index contributed by atoms with van der Waals surface area (Å²) < 4.78 is 31.1. The number of carbonyl (C=O) groups excluding carboxylic acids is 2. The molecule has 0 spiro atoms. The van der Waals surface area contributed by atoms with E-state index < -0.39 is 41.9 Å². The molecule has 1 heterocycles. The van der Waals surface area contributed by atoms with Gasteiger partial charge in [0.1, 0.15) is 11.2 Å². The van der Waals surface area contributed by atoms with Gasteiger partial charge in [0, 0.05) is 32.3 Å². The van der Waals surface area contributed by atoms with Crippen molar-refractivity contribution in [3.05, 3.63) is 59.7 Å². The standard InChI is InChI=1S/C37H55N2O8P/c1-10-45-48(44)24-23-38(25-30-15-11-12-16-31(30)29-19-17-28(18-20-29)27(2)3)26-37(48,32(40)41)21-13-14-22-39(33(42)46-35(4,5)6)34(43)47-36(7,8)9/h11-12,15-20,27H,10,13-14,21-26H2,1-9H3,(H,40,41). The van der Waals surface area contributed by atoms with Crippen LogP contribution >= 0.6 is 7.37 Å². The molecule has 2 amide bonds. The molecule has 3 rings (SSSR count). The van der Waals surface area contributed by atoms with E-state index in [1.54, 1.807) is 48.5 Å². The van der Waals surface area contributed by atoms with Crippen molar-refractivity contribution in [2.24, 2.45) is 0 Å². The molecule has 0 aromatic heterocycles. The summed E-state index contributed by atoms with van der Waals surface area (Å²) >= 11 is 0. The zero-order chi connectivity index (χ0) is 35.9. The summed E-state index contributed by atoms with van der Waals surface area (Å²) in [4.78, 5) is 42.1. The normalized spacial score (nSPS) is 20.4. The van der Waals surface area contributed by atoms with Gasteiger partial charge < -0.3 is 19.1 Å². The fraction of sp³-hybridized carbons (Fsp3) is 0.595. The summed E-state index contributed by atoms with van der Waals surface area (Å²) in [7, 11) is -3.63. The van der Waals surface area contributed by atoms with Crippen molar-refractivity contribution in [3.63, 3.8) is 0 Å². The van der Waals surface area contributed by atoms with E-state index in [2.05, 4.69) is 49.1 Å². The molecule has 2 aromatic carbocycles. The summed E-state index contributed by atoms with van der Waals surface area (Å²) in [6.07, 6.45) is -0.991. The Morgan fingerprint density at radius 2 is 1.52 bits per heavy atom. The van der Waals surface area contributed by atoms with E-state index >= 15 is 0 Å². The Labute approximate surface area is 286 Å². The number of nitrogens with zero attached hydrogens (tertiary/aromatic N) is 2. The van der Waals surface area contributed by atoms with Crippen molar-refractivity contribution in [1.82, 2.24) is 9.80 Å². The highest BCUT2D eigenvalue weighted by Gasteiger charge is 2.58. The van der Waals surface area contributed by atoms with Gasteiger partial charge in [-0.25, -0.2) is 14.5 Å². The van der Waals surface area contributed by atoms with E-state index in [0.29, 0.717) is 19.0 Å². The molecule has 1 aliphatic heterocycles. The van der Waals surface area contributed by atoms with E-state index in [1.165, 1.54) is 5.56 Å². The molecule has 1 saturated heterocycles. The SMILES string of the molecule is CCOP1(=O)CCN(Cc2ccccc2-c2ccc(C(C)C)cc2)CC1(CCCCN(C(=O)OC(C)(C)C)C(=O)OC(C)(C)C)C(=O)O. The molecule has 0 radical (unpaired) electrons. The van der Waals surface area contributed by atoms with Crippen LogP contribution in [0.25, 0.3) is 11.1 Å². The second-order valence-corrected chi connectivity index (χ2v) is 17.8. The third-order valence-corrected chi connectivity index (χ3v) is 11.7. The Morgan fingerprint density at radius 1 is 0.938 bits per heavy atom. The van der Waals surface area contributed by atoms with Crippen LogP contribution in [-0.4, -0.2) is 81.8 Å². The second kappa shape index (κ2) is 16.0. The monoisotopic (exact) mass is 686 g/mol. The van der Waals surface area contributed by atoms with Crippen molar-refractivity contribution >= 4 is 25.5 Å². The predicted molar refractivity (Wildman–Crippen MR) is 189 cm³/mol. The van der Waals surface area contributed by atoms with Gasteiger partial charge >= 0.3 is 18.2 Å². The van der Waals surface area contributed by atoms with Crippen LogP contribution in [0.3, 0.4) is 0 Å². The maximum absolute atomic E-state index is 14.4. The average molecular weight is 687 g/mol. The number of benzene rings is 2. The van der Waals surface area contributed by atoms with Crippen molar-refractivity contribution in [2.45, 2.75) is 110 Å². The van der Waals surface area contributed by atoms with Crippen molar-refractivity contribution in [1.29, 1.82) is 0 Å². The zero-order valence-electron chi connectivity index (χ0n) is 30.2. The predicted octanol–water partition coefficient (Wildman–Crippen LogP) is 8.77. The summed E-state index contributed by atoms with van der Waals surface area (Å²) in [6.45, 7) is 17.3. The topological polar surface area (TPSA) is 123 Å². The van der Waals surface area contributed by atoms with Crippen LogP contribution in [0, 0.1) is 0 Å². The molecule has 1 aliphatic rings. The van der Waals surface area contributed by atoms with E-state index in [4.69, 9.17) is 14.0 Å². The van der Waals surface area contributed by atoms with Crippen molar-refractivity contribution in [3.8, 4) is 11.1 Å². The van der Waals surface area contributed by atoms with E-state index in [1.807, 2.05) is 18.2 Å². The third kappa shape index (κ3) is 10.2. The maximum atomic E-state index is 14.4. The largest absolute Gasteiger partial charge is 0.480 e. The minimum absolute atomic E-state index is 0.0437. The Balaban J connectivity index is 1.84. The lowest BCUT2D eigenvalue weighted by molar-refractivity contribution is -0.141. The van der Waals surface area contributed by atoms with Gasteiger partial charge in [-0.2, -0.15) is 0 Å². The molecule has 0 aliphatic carbocycles. The number of ether oxygens (including phenoxy) is 2. The molecular formula is C37H55N2O8P. The third-order valence-electron chi connectivity index (χ3n) is 8.33. The fourth-order valence-corrected chi connectivity index (χ4v) is 8.93. The van der Waals surface area contributed by atoms with Crippen molar-refractivity contribution < 1.29 is 38.1 Å².